The zero-order chi connectivity index (χ0) is 14.1. The maximum Gasteiger partial charge on any atom is 0.248 e. The molecular formula is C15H14BrClN2O. The SMILES string of the molecule is O=c1ccc2c([nH]1)CCCC2Nc1cccc(Cl)c1Br. The number of rotatable bonds is 2. The van der Waals surface area contributed by atoms with Gasteiger partial charge in [0.05, 0.1) is 21.2 Å². The lowest BCUT2D eigenvalue weighted by Crippen LogP contribution is -2.21. The van der Waals surface area contributed by atoms with Gasteiger partial charge in [-0.25, -0.2) is 0 Å². The summed E-state index contributed by atoms with van der Waals surface area (Å²) in [6.45, 7) is 0. The van der Waals surface area contributed by atoms with E-state index in [0.29, 0.717) is 5.02 Å². The summed E-state index contributed by atoms with van der Waals surface area (Å²) in [5, 5.41) is 4.20. The van der Waals surface area contributed by atoms with Crippen LogP contribution in [0.4, 0.5) is 5.69 Å². The number of aromatic amines is 1. The summed E-state index contributed by atoms with van der Waals surface area (Å²) in [6.07, 6.45) is 3.03. The van der Waals surface area contributed by atoms with Crippen LogP contribution in [0, 0.1) is 0 Å². The van der Waals surface area contributed by atoms with E-state index in [1.165, 1.54) is 5.56 Å². The molecule has 2 N–H and O–H groups in total. The Morgan fingerprint density at radius 3 is 3.00 bits per heavy atom. The van der Waals surface area contributed by atoms with E-state index in [4.69, 9.17) is 11.6 Å². The molecule has 3 nitrogen and oxygen atoms in total. The van der Waals surface area contributed by atoms with Crippen molar-refractivity contribution < 1.29 is 0 Å². The molecule has 104 valence electrons. The van der Waals surface area contributed by atoms with Gasteiger partial charge in [-0.1, -0.05) is 17.7 Å². The summed E-state index contributed by atoms with van der Waals surface area (Å²) in [5.41, 5.74) is 3.15. The van der Waals surface area contributed by atoms with Crippen molar-refractivity contribution in [2.75, 3.05) is 5.32 Å². The molecule has 1 aromatic carbocycles. The van der Waals surface area contributed by atoms with Gasteiger partial charge in [0, 0.05) is 11.8 Å². The van der Waals surface area contributed by atoms with Crippen LogP contribution in [-0.4, -0.2) is 4.98 Å². The summed E-state index contributed by atoms with van der Waals surface area (Å²) in [6, 6.07) is 9.48. The number of pyridine rings is 1. The van der Waals surface area contributed by atoms with E-state index in [1.807, 2.05) is 24.3 Å². The predicted octanol–water partition coefficient (Wildman–Crippen LogP) is 4.28. The monoisotopic (exact) mass is 352 g/mol. The highest BCUT2D eigenvalue weighted by molar-refractivity contribution is 9.10. The fraction of sp³-hybridized carbons (Fsp3) is 0.267. The lowest BCUT2D eigenvalue weighted by atomic mass is 9.91. The molecule has 1 heterocycles. The maximum atomic E-state index is 11.4. The maximum absolute atomic E-state index is 11.4. The standard InChI is InChI=1S/C15H14BrClN2O/c16-15-10(17)3-1-6-13(15)18-11-4-2-5-12-9(11)7-8-14(20)19-12/h1,3,6-8,11,18H,2,4-5H2,(H,19,20). The molecule has 0 amide bonds. The highest BCUT2D eigenvalue weighted by Gasteiger charge is 2.21. The topological polar surface area (TPSA) is 44.9 Å². The Kier molecular flexibility index (Phi) is 3.85. The first-order valence-corrected chi connectivity index (χ1v) is 7.75. The van der Waals surface area contributed by atoms with Gasteiger partial charge in [-0.2, -0.15) is 0 Å². The molecule has 1 aliphatic rings. The van der Waals surface area contributed by atoms with Crippen LogP contribution in [-0.2, 0) is 6.42 Å². The van der Waals surface area contributed by atoms with Gasteiger partial charge >= 0.3 is 0 Å². The smallest absolute Gasteiger partial charge is 0.248 e. The van der Waals surface area contributed by atoms with Gasteiger partial charge in [0.25, 0.3) is 0 Å². The number of aryl methyl sites for hydroxylation is 1. The number of halogens is 2. The van der Waals surface area contributed by atoms with E-state index in [0.717, 1.165) is 35.1 Å². The largest absolute Gasteiger partial charge is 0.377 e. The summed E-state index contributed by atoms with van der Waals surface area (Å²) < 4.78 is 0.873. The Balaban J connectivity index is 1.93. The lowest BCUT2D eigenvalue weighted by molar-refractivity contribution is 0.586. The molecule has 1 atom stereocenters. The number of nitrogens with one attached hydrogen (secondary N) is 2. The van der Waals surface area contributed by atoms with Crippen LogP contribution in [0.3, 0.4) is 0 Å². The number of hydrogen-bond acceptors (Lipinski definition) is 2. The van der Waals surface area contributed by atoms with Crippen LogP contribution in [0.15, 0.2) is 39.6 Å². The minimum Gasteiger partial charge on any atom is -0.377 e. The Labute approximate surface area is 130 Å². The van der Waals surface area contributed by atoms with Crippen molar-refractivity contribution in [2.45, 2.75) is 25.3 Å². The van der Waals surface area contributed by atoms with Crippen molar-refractivity contribution >= 4 is 33.2 Å². The second-order valence-corrected chi connectivity index (χ2v) is 6.15. The first-order valence-electron chi connectivity index (χ1n) is 6.58. The van der Waals surface area contributed by atoms with E-state index >= 15 is 0 Å². The van der Waals surface area contributed by atoms with E-state index in [-0.39, 0.29) is 11.6 Å². The molecule has 3 rings (SSSR count). The van der Waals surface area contributed by atoms with Gasteiger partial charge in [0.1, 0.15) is 0 Å². The second-order valence-electron chi connectivity index (χ2n) is 4.95. The fourth-order valence-electron chi connectivity index (χ4n) is 2.65. The minimum atomic E-state index is -0.0339. The van der Waals surface area contributed by atoms with Gasteiger partial charge in [0.15, 0.2) is 0 Å². The summed E-state index contributed by atoms with van der Waals surface area (Å²) in [4.78, 5) is 14.3. The molecule has 0 saturated heterocycles. The van der Waals surface area contributed by atoms with Gasteiger partial charge < -0.3 is 10.3 Å². The molecule has 2 aromatic rings. The molecule has 1 aliphatic carbocycles. The molecule has 1 aromatic heterocycles. The summed E-state index contributed by atoms with van der Waals surface area (Å²) in [5.74, 6) is 0. The van der Waals surface area contributed by atoms with Crippen molar-refractivity contribution in [3.05, 3.63) is 61.4 Å². The molecule has 20 heavy (non-hydrogen) atoms. The number of aromatic nitrogens is 1. The third-order valence-corrected chi connectivity index (χ3v) is 5.01. The third kappa shape index (κ3) is 2.63. The molecule has 0 radical (unpaired) electrons. The Hall–Kier alpha value is -1.26. The Bertz CT molecular complexity index is 699. The molecule has 1 unspecified atom stereocenters. The molecule has 0 spiro atoms. The third-order valence-electron chi connectivity index (χ3n) is 3.61. The number of fused-ring (bicyclic) bond motifs is 1. The average Bonchev–Trinajstić information content (AvgIpc) is 2.44. The fourth-order valence-corrected chi connectivity index (χ4v) is 3.21. The van der Waals surface area contributed by atoms with Crippen LogP contribution in [0.2, 0.25) is 5.02 Å². The number of anilines is 1. The van der Waals surface area contributed by atoms with Gasteiger partial charge in [-0.15, -0.1) is 0 Å². The molecular weight excluding hydrogens is 340 g/mol. The van der Waals surface area contributed by atoms with Gasteiger partial charge in [0.2, 0.25) is 5.56 Å². The van der Waals surface area contributed by atoms with E-state index in [9.17, 15) is 4.79 Å². The van der Waals surface area contributed by atoms with Crippen LogP contribution >= 0.6 is 27.5 Å². The zero-order valence-corrected chi connectivity index (χ0v) is 13.1. The van der Waals surface area contributed by atoms with Crippen molar-refractivity contribution in [3.63, 3.8) is 0 Å². The highest BCUT2D eigenvalue weighted by Crippen LogP contribution is 2.35. The molecule has 0 fully saturated rings. The predicted molar refractivity (Wildman–Crippen MR) is 85.5 cm³/mol. The van der Waals surface area contributed by atoms with Crippen molar-refractivity contribution in [3.8, 4) is 0 Å². The highest BCUT2D eigenvalue weighted by atomic mass is 79.9. The Morgan fingerprint density at radius 1 is 1.30 bits per heavy atom. The van der Waals surface area contributed by atoms with E-state index in [2.05, 4.69) is 26.2 Å². The van der Waals surface area contributed by atoms with E-state index in [1.54, 1.807) is 6.07 Å². The number of H-pyrrole nitrogens is 1. The molecule has 0 aliphatic heterocycles. The molecule has 0 bridgehead atoms. The summed E-state index contributed by atoms with van der Waals surface area (Å²) in [7, 11) is 0. The van der Waals surface area contributed by atoms with Crippen LogP contribution in [0.5, 0.6) is 0 Å². The normalized spacial score (nSPS) is 17.6. The average molecular weight is 354 g/mol. The van der Waals surface area contributed by atoms with Crippen LogP contribution in [0.25, 0.3) is 0 Å². The zero-order valence-electron chi connectivity index (χ0n) is 10.7. The van der Waals surface area contributed by atoms with Gasteiger partial charge in [-0.05, 0) is 59.0 Å². The van der Waals surface area contributed by atoms with Crippen molar-refractivity contribution in [1.29, 1.82) is 0 Å². The van der Waals surface area contributed by atoms with Gasteiger partial charge in [-0.3, -0.25) is 4.79 Å². The second kappa shape index (κ2) is 5.62. The lowest BCUT2D eigenvalue weighted by Gasteiger charge is -2.27. The number of benzene rings is 1. The van der Waals surface area contributed by atoms with E-state index < -0.39 is 0 Å². The quantitative estimate of drug-likeness (QED) is 0.846. The minimum absolute atomic E-state index is 0.0339. The molecule has 0 saturated carbocycles. The molecule has 5 heteroatoms. The first-order chi connectivity index (χ1) is 9.65. The first kappa shape index (κ1) is 13.7. The van der Waals surface area contributed by atoms with Crippen LogP contribution < -0.4 is 10.9 Å². The van der Waals surface area contributed by atoms with Crippen molar-refractivity contribution in [1.82, 2.24) is 4.98 Å². The van der Waals surface area contributed by atoms with Crippen molar-refractivity contribution in [2.24, 2.45) is 0 Å². The van der Waals surface area contributed by atoms with Crippen LogP contribution in [0.1, 0.15) is 30.1 Å². The Morgan fingerprint density at radius 2 is 2.15 bits per heavy atom. The summed E-state index contributed by atoms with van der Waals surface area (Å²) >= 11 is 9.62. The number of hydrogen-bond donors (Lipinski definition) is 2.